The maximum Gasteiger partial charge on any atom is 0.243 e. The average molecular weight is 354 g/mol. The van der Waals surface area contributed by atoms with E-state index in [-0.39, 0.29) is 14.9 Å². The number of morpholine rings is 1. The molecule has 0 saturated carbocycles. The molecule has 5 nitrogen and oxygen atoms in total. The Kier molecular flexibility index (Phi) is 6.28. The third-order valence-corrected chi connectivity index (χ3v) is 5.80. The first-order chi connectivity index (χ1) is 10.0. The second-order valence-electron chi connectivity index (χ2n) is 4.91. The third kappa shape index (κ3) is 4.81. The van der Waals surface area contributed by atoms with Crippen molar-refractivity contribution in [1.82, 2.24) is 4.72 Å². The van der Waals surface area contributed by atoms with Gasteiger partial charge in [-0.3, -0.25) is 0 Å². The molecule has 8 heteroatoms. The van der Waals surface area contributed by atoms with Gasteiger partial charge in [-0.2, -0.15) is 0 Å². The summed E-state index contributed by atoms with van der Waals surface area (Å²) in [6.07, 6.45) is 0.761. The number of quaternary nitrogens is 1. The molecule has 1 aromatic rings. The van der Waals surface area contributed by atoms with Crippen molar-refractivity contribution in [3.63, 3.8) is 0 Å². The SMILES string of the molecule is O=S(=O)(NCCC[NH+]1CCOCC1)c1c(Cl)cccc1Cl. The van der Waals surface area contributed by atoms with Crippen LogP contribution in [0.1, 0.15) is 6.42 Å². The van der Waals surface area contributed by atoms with Crippen molar-refractivity contribution in [2.45, 2.75) is 11.3 Å². The first kappa shape index (κ1) is 17.0. The molecule has 2 N–H and O–H groups in total. The van der Waals surface area contributed by atoms with Crippen molar-refractivity contribution in [2.75, 3.05) is 39.4 Å². The summed E-state index contributed by atoms with van der Waals surface area (Å²) in [6.45, 7) is 4.79. The van der Waals surface area contributed by atoms with E-state index < -0.39 is 10.0 Å². The van der Waals surface area contributed by atoms with Crippen LogP contribution in [0.3, 0.4) is 0 Å². The molecule has 21 heavy (non-hydrogen) atoms. The highest BCUT2D eigenvalue weighted by atomic mass is 35.5. The van der Waals surface area contributed by atoms with Crippen LogP contribution < -0.4 is 9.62 Å². The van der Waals surface area contributed by atoms with Crippen molar-refractivity contribution < 1.29 is 18.1 Å². The van der Waals surface area contributed by atoms with Gasteiger partial charge in [0.15, 0.2) is 0 Å². The van der Waals surface area contributed by atoms with E-state index in [4.69, 9.17) is 27.9 Å². The highest BCUT2D eigenvalue weighted by molar-refractivity contribution is 7.89. The fourth-order valence-electron chi connectivity index (χ4n) is 2.27. The molecule has 0 unspecified atom stereocenters. The average Bonchev–Trinajstić information content (AvgIpc) is 2.44. The fraction of sp³-hybridized carbons (Fsp3) is 0.538. The van der Waals surface area contributed by atoms with Gasteiger partial charge in [0, 0.05) is 13.0 Å². The van der Waals surface area contributed by atoms with Gasteiger partial charge in [0.25, 0.3) is 0 Å². The van der Waals surface area contributed by atoms with E-state index >= 15 is 0 Å². The minimum Gasteiger partial charge on any atom is -0.370 e. The standard InChI is InChI=1S/C13H18Cl2N2O3S/c14-11-3-1-4-12(15)13(11)21(18,19)16-5-2-6-17-7-9-20-10-8-17/h1,3-4,16H,2,5-10H2/p+1. The van der Waals surface area contributed by atoms with Gasteiger partial charge < -0.3 is 9.64 Å². The molecule has 1 saturated heterocycles. The molecule has 2 rings (SSSR count). The van der Waals surface area contributed by atoms with Gasteiger partial charge in [-0.05, 0) is 12.1 Å². The summed E-state index contributed by atoms with van der Waals surface area (Å²) in [5.41, 5.74) is 0. The number of hydrogen-bond donors (Lipinski definition) is 2. The molecule has 0 aromatic heterocycles. The van der Waals surface area contributed by atoms with Crippen LogP contribution in [-0.4, -0.2) is 47.8 Å². The number of hydrogen-bond acceptors (Lipinski definition) is 3. The number of sulfonamides is 1. The molecule has 1 aliphatic heterocycles. The predicted molar refractivity (Wildman–Crippen MR) is 82.7 cm³/mol. The Labute approximate surface area is 135 Å². The minimum absolute atomic E-state index is 0.0490. The lowest BCUT2D eigenvalue weighted by atomic mass is 10.3. The molecule has 0 radical (unpaired) electrons. The highest BCUT2D eigenvalue weighted by Crippen LogP contribution is 2.28. The molecule has 0 aliphatic carbocycles. The lowest BCUT2D eigenvalue weighted by Gasteiger charge is -2.23. The van der Waals surface area contributed by atoms with Gasteiger partial charge in [-0.25, -0.2) is 13.1 Å². The number of halogens is 2. The van der Waals surface area contributed by atoms with E-state index in [2.05, 4.69) is 4.72 Å². The zero-order valence-electron chi connectivity index (χ0n) is 11.6. The van der Waals surface area contributed by atoms with Gasteiger partial charge in [-0.1, -0.05) is 29.3 Å². The second kappa shape index (κ2) is 7.76. The van der Waals surface area contributed by atoms with Gasteiger partial charge in [-0.15, -0.1) is 0 Å². The van der Waals surface area contributed by atoms with Crippen molar-refractivity contribution in [1.29, 1.82) is 0 Å². The largest absolute Gasteiger partial charge is 0.370 e. The minimum atomic E-state index is -3.67. The normalized spacial score (nSPS) is 17.0. The van der Waals surface area contributed by atoms with Crippen LogP contribution in [0, 0.1) is 0 Å². The maximum absolute atomic E-state index is 12.2. The van der Waals surface area contributed by atoms with Gasteiger partial charge in [0.2, 0.25) is 10.0 Å². The van der Waals surface area contributed by atoms with Crippen LogP contribution in [0.4, 0.5) is 0 Å². The number of ether oxygens (including phenoxy) is 1. The zero-order chi connectivity index (χ0) is 15.3. The van der Waals surface area contributed by atoms with Crippen LogP contribution in [0.25, 0.3) is 0 Å². The van der Waals surface area contributed by atoms with E-state index in [1.807, 2.05) is 0 Å². The second-order valence-corrected chi connectivity index (χ2v) is 7.43. The first-order valence-electron chi connectivity index (χ1n) is 6.86. The van der Waals surface area contributed by atoms with Gasteiger partial charge >= 0.3 is 0 Å². The third-order valence-electron chi connectivity index (χ3n) is 3.39. The summed E-state index contributed by atoms with van der Waals surface area (Å²) in [5, 5.41) is 0.266. The van der Waals surface area contributed by atoms with E-state index in [9.17, 15) is 8.42 Å². The van der Waals surface area contributed by atoms with Crippen LogP contribution in [-0.2, 0) is 14.8 Å². The van der Waals surface area contributed by atoms with E-state index in [1.165, 1.54) is 17.0 Å². The van der Waals surface area contributed by atoms with Crippen molar-refractivity contribution in [2.24, 2.45) is 0 Å². The molecular weight excluding hydrogens is 335 g/mol. The molecular formula is C13H19Cl2N2O3S+. The van der Waals surface area contributed by atoms with E-state index in [0.717, 1.165) is 39.3 Å². The highest BCUT2D eigenvalue weighted by Gasteiger charge is 2.21. The first-order valence-corrected chi connectivity index (χ1v) is 9.09. The summed E-state index contributed by atoms with van der Waals surface area (Å²) < 4.78 is 32.3. The van der Waals surface area contributed by atoms with Crippen LogP contribution in [0.15, 0.2) is 23.1 Å². The Balaban J connectivity index is 1.86. The molecule has 0 atom stereocenters. The van der Waals surface area contributed by atoms with E-state index in [1.54, 1.807) is 6.07 Å². The summed E-state index contributed by atoms with van der Waals surface area (Å²) in [6, 6.07) is 4.64. The molecule has 1 aromatic carbocycles. The molecule has 0 spiro atoms. The number of nitrogens with one attached hydrogen (secondary N) is 2. The van der Waals surface area contributed by atoms with Gasteiger partial charge in [0.1, 0.15) is 18.0 Å². The summed E-state index contributed by atoms with van der Waals surface area (Å²) in [7, 11) is -3.67. The van der Waals surface area contributed by atoms with Crippen molar-refractivity contribution in [3.8, 4) is 0 Å². The van der Waals surface area contributed by atoms with Crippen molar-refractivity contribution >= 4 is 33.2 Å². The van der Waals surface area contributed by atoms with Crippen LogP contribution in [0.2, 0.25) is 10.0 Å². The topological polar surface area (TPSA) is 59.8 Å². The lowest BCUT2D eigenvalue weighted by Crippen LogP contribution is -3.14. The van der Waals surface area contributed by atoms with Crippen LogP contribution >= 0.6 is 23.2 Å². The smallest absolute Gasteiger partial charge is 0.243 e. The Bertz CT molecular complexity index is 555. The summed E-state index contributed by atoms with van der Waals surface area (Å²) >= 11 is 11.9. The lowest BCUT2D eigenvalue weighted by molar-refractivity contribution is -0.908. The molecule has 1 fully saturated rings. The molecule has 0 amide bonds. The monoisotopic (exact) mass is 353 g/mol. The fourth-order valence-corrected chi connectivity index (χ4v) is 4.48. The quantitative estimate of drug-likeness (QED) is 0.735. The number of benzene rings is 1. The predicted octanol–water partition coefficient (Wildman–Crippen LogP) is 0.577. The summed E-state index contributed by atoms with van der Waals surface area (Å²) in [4.78, 5) is 1.39. The molecule has 118 valence electrons. The molecule has 1 aliphatic rings. The Morgan fingerprint density at radius 1 is 1.19 bits per heavy atom. The van der Waals surface area contributed by atoms with Gasteiger partial charge in [0.05, 0.1) is 29.8 Å². The zero-order valence-corrected chi connectivity index (χ0v) is 13.9. The maximum atomic E-state index is 12.2. The van der Waals surface area contributed by atoms with E-state index in [0.29, 0.717) is 6.54 Å². The summed E-state index contributed by atoms with van der Waals surface area (Å²) in [5.74, 6) is 0. The Morgan fingerprint density at radius 2 is 1.81 bits per heavy atom. The van der Waals surface area contributed by atoms with Crippen LogP contribution in [0.5, 0.6) is 0 Å². The number of rotatable bonds is 6. The Morgan fingerprint density at radius 3 is 2.43 bits per heavy atom. The molecule has 1 heterocycles. The molecule has 0 bridgehead atoms. The Hall–Kier alpha value is -0.370. The van der Waals surface area contributed by atoms with Crippen molar-refractivity contribution in [3.05, 3.63) is 28.2 Å².